The zero-order valence-electron chi connectivity index (χ0n) is 16.1. The van der Waals surface area contributed by atoms with E-state index in [0.29, 0.717) is 0 Å². The van der Waals surface area contributed by atoms with Crippen molar-refractivity contribution >= 4 is 5.91 Å². The van der Waals surface area contributed by atoms with Crippen LogP contribution >= 0.6 is 0 Å². The summed E-state index contributed by atoms with van der Waals surface area (Å²) in [5.41, 5.74) is 4.10. The van der Waals surface area contributed by atoms with Gasteiger partial charge in [-0.25, -0.2) is 4.98 Å². The quantitative estimate of drug-likeness (QED) is 0.712. The second-order valence-electron chi connectivity index (χ2n) is 7.79. The lowest BCUT2D eigenvalue weighted by atomic mass is 9.86. The van der Waals surface area contributed by atoms with Crippen LogP contribution in [0.25, 0.3) is 5.69 Å². The SMILES string of the molecule is Cc1ccccc1C(=O)N1CCC2(CC1)NCc1ccccc1-n1ccnc12. The lowest BCUT2D eigenvalue weighted by molar-refractivity contribution is 0.0625. The Labute approximate surface area is 165 Å². The lowest BCUT2D eigenvalue weighted by Crippen LogP contribution is -2.52. The molecule has 1 saturated heterocycles. The van der Waals surface area contributed by atoms with E-state index in [9.17, 15) is 4.79 Å². The number of hydrogen-bond acceptors (Lipinski definition) is 3. The maximum Gasteiger partial charge on any atom is 0.254 e. The summed E-state index contributed by atoms with van der Waals surface area (Å²) < 4.78 is 2.22. The third-order valence-electron chi connectivity index (χ3n) is 6.22. The van der Waals surface area contributed by atoms with Gasteiger partial charge in [0.05, 0.1) is 11.2 Å². The van der Waals surface area contributed by atoms with Crippen LogP contribution in [0.3, 0.4) is 0 Å². The minimum Gasteiger partial charge on any atom is -0.338 e. The average Bonchev–Trinajstić information content (AvgIpc) is 3.19. The summed E-state index contributed by atoms with van der Waals surface area (Å²) in [6.45, 7) is 4.26. The van der Waals surface area contributed by atoms with E-state index in [-0.39, 0.29) is 11.4 Å². The fraction of sp³-hybridized carbons (Fsp3) is 0.304. The molecule has 0 unspecified atom stereocenters. The Morgan fingerprint density at radius 3 is 2.64 bits per heavy atom. The van der Waals surface area contributed by atoms with Crippen molar-refractivity contribution in [1.29, 1.82) is 0 Å². The van der Waals surface area contributed by atoms with Crippen molar-refractivity contribution in [3.63, 3.8) is 0 Å². The van der Waals surface area contributed by atoms with Crippen LogP contribution in [0.15, 0.2) is 60.9 Å². The molecule has 0 radical (unpaired) electrons. The predicted octanol–water partition coefficient (Wildman–Crippen LogP) is 3.42. The number of amides is 1. The molecule has 28 heavy (non-hydrogen) atoms. The predicted molar refractivity (Wildman–Crippen MR) is 108 cm³/mol. The fourth-order valence-corrected chi connectivity index (χ4v) is 4.57. The number of likely N-dealkylation sites (tertiary alicyclic amines) is 1. The van der Waals surface area contributed by atoms with Crippen LogP contribution in [-0.2, 0) is 12.1 Å². The van der Waals surface area contributed by atoms with E-state index in [1.165, 1.54) is 11.3 Å². The molecule has 1 spiro atoms. The Balaban J connectivity index is 1.42. The van der Waals surface area contributed by atoms with E-state index in [1.54, 1.807) is 0 Å². The molecule has 2 aliphatic heterocycles. The van der Waals surface area contributed by atoms with Gasteiger partial charge in [-0.1, -0.05) is 36.4 Å². The molecule has 0 atom stereocenters. The van der Waals surface area contributed by atoms with Gasteiger partial charge in [-0.15, -0.1) is 0 Å². The maximum absolute atomic E-state index is 13.0. The number of nitrogens with zero attached hydrogens (tertiary/aromatic N) is 3. The second-order valence-corrected chi connectivity index (χ2v) is 7.79. The van der Waals surface area contributed by atoms with Gasteiger partial charge in [0.25, 0.3) is 5.91 Å². The molecular weight excluding hydrogens is 348 g/mol. The van der Waals surface area contributed by atoms with E-state index >= 15 is 0 Å². The molecule has 0 bridgehead atoms. The number of nitrogens with one attached hydrogen (secondary N) is 1. The normalized spacial score (nSPS) is 17.7. The van der Waals surface area contributed by atoms with Crippen molar-refractivity contribution in [2.24, 2.45) is 0 Å². The highest BCUT2D eigenvalue weighted by atomic mass is 16.2. The molecule has 1 fully saturated rings. The van der Waals surface area contributed by atoms with Gasteiger partial charge in [0.1, 0.15) is 5.82 Å². The van der Waals surface area contributed by atoms with E-state index in [0.717, 1.165) is 49.4 Å². The molecule has 142 valence electrons. The van der Waals surface area contributed by atoms with Crippen molar-refractivity contribution < 1.29 is 4.79 Å². The second kappa shape index (κ2) is 6.60. The zero-order valence-corrected chi connectivity index (χ0v) is 16.1. The lowest BCUT2D eigenvalue weighted by Gasteiger charge is -2.41. The number of piperidine rings is 1. The monoisotopic (exact) mass is 372 g/mol. The number of carbonyl (C=O) groups excluding carboxylic acids is 1. The molecule has 0 aliphatic carbocycles. The molecular formula is C23H24N4O. The Kier molecular flexibility index (Phi) is 4.05. The number of imidazole rings is 1. The van der Waals surface area contributed by atoms with E-state index < -0.39 is 0 Å². The van der Waals surface area contributed by atoms with Crippen LogP contribution in [0.4, 0.5) is 0 Å². The number of fused-ring (bicyclic) bond motifs is 4. The van der Waals surface area contributed by atoms with Gasteiger partial charge >= 0.3 is 0 Å². The standard InChI is InChI=1S/C23H24N4O/c1-17-6-2-4-8-19(17)21(28)26-13-10-23(11-14-26)22-24-12-15-27(22)20-9-5-3-7-18(20)16-25-23/h2-9,12,15,25H,10-11,13-14,16H2,1H3. The Morgan fingerprint density at radius 2 is 1.82 bits per heavy atom. The maximum atomic E-state index is 13.0. The number of para-hydroxylation sites is 1. The van der Waals surface area contributed by atoms with Gasteiger partial charge in [-0.3, -0.25) is 4.79 Å². The van der Waals surface area contributed by atoms with Crippen LogP contribution < -0.4 is 5.32 Å². The number of rotatable bonds is 1. The first-order valence-corrected chi connectivity index (χ1v) is 9.90. The molecule has 2 aromatic carbocycles. The molecule has 0 saturated carbocycles. The summed E-state index contributed by atoms with van der Waals surface area (Å²) in [5.74, 6) is 1.19. The third kappa shape index (κ3) is 2.66. The van der Waals surface area contributed by atoms with Crippen molar-refractivity contribution in [2.75, 3.05) is 13.1 Å². The van der Waals surface area contributed by atoms with Gasteiger partial charge in [-0.05, 0) is 43.0 Å². The van der Waals surface area contributed by atoms with Crippen LogP contribution in [0.5, 0.6) is 0 Å². The topological polar surface area (TPSA) is 50.2 Å². The summed E-state index contributed by atoms with van der Waals surface area (Å²) in [6, 6.07) is 16.3. The third-order valence-corrected chi connectivity index (χ3v) is 6.22. The van der Waals surface area contributed by atoms with Crippen molar-refractivity contribution in [3.8, 4) is 5.69 Å². The molecule has 3 aromatic rings. The minimum atomic E-state index is -0.203. The first kappa shape index (κ1) is 17.2. The van der Waals surface area contributed by atoms with E-state index in [2.05, 4.69) is 34.1 Å². The highest BCUT2D eigenvalue weighted by Crippen LogP contribution is 2.37. The average molecular weight is 372 g/mol. The molecule has 1 amide bonds. The van der Waals surface area contributed by atoms with E-state index in [1.807, 2.05) is 48.5 Å². The molecule has 5 rings (SSSR count). The highest BCUT2D eigenvalue weighted by molar-refractivity contribution is 5.95. The Bertz CT molecular complexity index is 1030. The molecule has 5 heteroatoms. The number of aryl methyl sites for hydroxylation is 1. The summed E-state index contributed by atoms with van der Waals surface area (Å²) in [6.07, 6.45) is 5.64. The van der Waals surface area contributed by atoms with Crippen molar-refractivity contribution in [2.45, 2.75) is 31.8 Å². The van der Waals surface area contributed by atoms with Gasteiger partial charge < -0.3 is 14.8 Å². The van der Waals surface area contributed by atoms with Gasteiger partial charge in [0.2, 0.25) is 0 Å². The molecule has 2 aliphatic rings. The Hall–Kier alpha value is -2.92. The fourth-order valence-electron chi connectivity index (χ4n) is 4.57. The summed E-state index contributed by atoms with van der Waals surface area (Å²) in [7, 11) is 0. The van der Waals surface area contributed by atoms with Crippen molar-refractivity contribution in [3.05, 3.63) is 83.4 Å². The summed E-state index contributed by atoms with van der Waals surface area (Å²) in [5, 5.41) is 3.78. The van der Waals surface area contributed by atoms with Crippen molar-refractivity contribution in [1.82, 2.24) is 19.8 Å². The first-order valence-electron chi connectivity index (χ1n) is 9.90. The summed E-state index contributed by atoms with van der Waals surface area (Å²) >= 11 is 0. The zero-order chi connectivity index (χ0) is 19.1. The number of carbonyl (C=O) groups is 1. The number of benzene rings is 2. The van der Waals surface area contributed by atoms with Crippen LogP contribution in [0.1, 0.15) is 40.2 Å². The van der Waals surface area contributed by atoms with Crippen LogP contribution in [-0.4, -0.2) is 33.4 Å². The van der Waals surface area contributed by atoms with E-state index in [4.69, 9.17) is 4.98 Å². The van der Waals surface area contributed by atoms with Crippen LogP contribution in [0, 0.1) is 6.92 Å². The van der Waals surface area contributed by atoms with Gasteiger partial charge in [0.15, 0.2) is 0 Å². The Morgan fingerprint density at radius 1 is 1.07 bits per heavy atom. The number of hydrogen-bond donors (Lipinski definition) is 1. The first-order chi connectivity index (χ1) is 13.7. The minimum absolute atomic E-state index is 0.133. The van der Waals surface area contributed by atoms with Crippen LogP contribution in [0.2, 0.25) is 0 Å². The van der Waals surface area contributed by atoms with Gasteiger partial charge in [-0.2, -0.15) is 0 Å². The molecule has 3 heterocycles. The molecule has 5 nitrogen and oxygen atoms in total. The summed E-state index contributed by atoms with van der Waals surface area (Å²) in [4.78, 5) is 19.7. The highest BCUT2D eigenvalue weighted by Gasteiger charge is 2.42. The molecule has 1 N–H and O–H groups in total. The number of aromatic nitrogens is 2. The largest absolute Gasteiger partial charge is 0.338 e. The van der Waals surface area contributed by atoms with Gasteiger partial charge in [0, 0.05) is 37.6 Å². The smallest absolute Gasteiger partial charge is 0.254 e. The molecule has 1 aromatic heterocycles.